The van der Waals surface area contributed by atoms with Crippen LogP contribution in [0.2, 0.25) is 10.0 Å². The van der Waals surface area contributed by atoms with Gasteiger partial charge in [-0.2, -0.15) is 0 Å². The Bertz CT molecular complexity index is 1130. The number of hydrogen-bond donors (Lipinski definition) is 1. The zero-order chi connectivity index (χ0) is 24.5. The summed E-state index contributed by atoms with van der Waals surface area (Å²) < 4.78 is 6.54. The lowest BCUT2D eigenvalue weighted by atomic mass is 10.0. The fourth-order valence-electron chi connectivity index (χ4n) is 3.49. The van der Waals surface area contributed by atoms with E-state index in [1.54, 1.807) is 30.3 Å². The molecule has 1 unspecified atom stereocenters. The number of hydrogen-bond acceptors (Lipinski definition) is 3. The zero-order valence-corrected chi connectivity index (χ0v) is 21.7. The number of nitrogens with one attached hydrogen (secondary N) is 1. The van der Waals surface area contributed by atoms with Crippen LogP contribution in [0.15, 0.2) is 77.3 Å². The van der Waals surface area contributed by atoms with Crippen molar-refractivity contribution in [1.29, 1.82) is 0 Å². The summed E-state index contributed by atoms with van der Waals surface area (Å²) in [5.74, 6) is -0.187. The molecule has 2 amide bonds. The molecule has 5 nitrogen and oxygen atoms in total. The molecule has 0 saturated heterocycles. The smallest absolute Gasteiger partial charge is 0.261 e. The van der Waals surface area contributed by atoms with E-state index in [1.807, 2.05) is 49.4 Å². The molecule has 1 N–H and O–H groups in total. The van der Waals surface area contributed by atoms with Crippen LogP contribution in [0, 0.1) is 0 Å². The molecule has 0 aromatic heterocycles. The van der Waals surface area contributed by atoms with Crippen LogP contribution >= 0.6 is 39.1 Å². The highest BCUT2D eigenvalue weighted by Gasteiger charge is 2.30. The van der Waals surface area contributed by atoms with Gasteiger partial charge in [-0.3, -0.25) is 9.59 Å². The van der Waals surface area contributed by atoms with E-state index in [1.165, 1.54) is 4.90 Å². The van der Waals surface area contributed by atoms with E-state index in [9.17, 15) is 9.59 Å². The summed E-state index contributed by atoms with van der Waals surface area (Å²) in [5.41, 5.74) is 1.75. The lowest BCUT2D eigenvalue weighted by molar-refractivity contribution is -0.142. The van der Waals surface area contributed by atoms with Gasteiger partial charge in [-0.15, -0.1) is 0 Å². The van der Waals surface area contributed by atoms with Gasteiger partial charge in [0, 0.05) is 29.0 Å². The molecule has 178 valence electrons. The Morgan fingerprint density at radius 1 is 1.00 bits per heavy atom. The van der Waals surface area contributed by atoms with Crippen molar-refractivity contribution < 1.29 is 14.3 Å². The van der Waals surface area contributed by atoms with Crippen molar-refractivity contribution in [3.8, 4) is 5.75 Å². The van der Waals surface area contributed by atoms with E-state index in [2.05, 4.69) is 21.2 Å². The van der Waals surface area contributed by atoms with Gasteiger partial charge >= 0.3 is 0 Å². The second kappa shape index (κ2) is 12.8. The van der Waals surface area contributed by atoms with Gasteiger partial charge in [0.15, 0.2) is 6.61 Å². The van der Waals surface area contributed by atoms with Crippen molar-refractivity contribution in [3.05, 3.63) is 98.4 Å². The third kappa shape index (κ3) is 7.49. The molecular formula is C26H25BrCl2N2O3. The van der Waals surface area contributed by atoms with Crippen molar-refractivity contribution in [2.24, 2.45) is 0 Å². The number of carbonyl (C=O) groups excluding carboxylic acids is 2. The largest absolute Gasteiger partial charge is 0.482 e. The van der Waals surface area contributed by atoms with E-state index in [0.29, 0.717) is 28.8 Å². The number of carbonyl (C=O) groups is 2. The first-order valence-corrected chi connectivity index (χ1v) is 12.4. The summed E-state index contributed by atoms with van der Waals surface area (Å²) in [7, 11) is 0. The minimum Gasteiger partial charge on any atom is -0.482 e. The summed E-state index contributed by atoms with van der Waals surface area (Å²) in [6.45, 7) is 2.23. The van der Waals surface area contributed by atoms with Crippen molar-refractivity contribution in [2.45, 2.75) is 25.9 Å². The maximum Gasteiger partial charge on any atom is 0.261 e. The molecule has 0 aliphatic heterocycles. The summed E-state index contributed by atoms with van der Waals surface area (Å²) in [4.78, 5) is 28.1. The Morgan fingerprint density at radius 3 is 2.41 bits per heavy atom. The molecule has 3 rings (SSSR count). The van der Waals surface area contributed by atoms with Gasteiger partial charge in [0.05, 0.1) is 5.02 Å². The lowest BCUT2D eigenvalue weighted by Gasteiger charge is -2.31. The van der Waals surface area contributed by atoms with Gasteiger partial charge in [-0.05, 0) is 48.4 Å². The van der Waals surface area contributed by atoms with Crippen LogP contribution in [0.4, 0.5) is 0 Å². The van der Waals surface area contributed by atoms with Crippen molar-refractivity contribution in [2.75, 3.05) is 13.2 Å². The Morgan fingerprint density at radius 2 is 1.74 bits per heavy atom. The molecule has 0 radical (unpaired) electrons. The van der Waals surface area contributed by atoms with Crippen LogP contribution < -0.4 is 10.1 Å². The van der Waals surface area contributed by atoms with Crippen LogP contribution in [0.25, 0.3) is 0 Å². The number of benzene rings is 3. The highest BCUT2D eigenvalue weighted by atomic mass is 79.9. The fourth-order valence-corrected chi connectivity index (χ4v) is 4.43. The first-order valence-electron chi connectivity index (χ1n) is 10.8. The average Bonchev–Trinajstić information content (AvgIpc) is 2.81. The molecule has 0 bridgehead atoms. The van der Waals surface area contributed by atoms with Crippen LogP contribution in [-0.2, 0) is 22.6 Å². The normalized spacial score (nSPS) is 11.5. The molecule has 34 heavy (non-hydrogen) atoms. The van der Waals surface area contributed by atoms with Crippen LogP contribution in [0.1, 0.15) is 18.1 Å². The summed E-state index contributed by atoms with van der Waals surface area (Å²) in [6, 6.07) is 21.3. The Hall–Kier alpha value is -2.54. The number of rotatable bonds is 10. The number of amides is 2. The second-order valence-corrected chi connectivity index (χ2v) is 9.37. The fraction of sp³-hybridized carbons (Fsp3) is 0.231. The first-order chi connectivity index (χ1) is 16.4. The molecule has 8 heteroatoms. The molecule has 0 fully saturated rings. The standard InChI is InChI=1S/C26H25BrCl2N2O3/c1-2-30-26(33)23(14-18-7-4-3-5-8-18)31(16-19-9-6-10-21(28)13-19)25(32)17-34-24-12-11-20(27)15-22(24)29/h3-13,15,23H,2,14,16-17H2,1H3,(H,30,33). The maximum absolute atomic E-state index is 13.5. The van der Waals surface area contributed by atoms with Crippen LogP contribution in [-0.4, -0.2) is 35.9 Å². The molecule has 0 heterocycles. The molecule has 3 aromatic carbocycles. The number of halogens is 3. The Labute approximate surface area is 218 Å². The Balaban J connectivity index is 1.90. The van der Waals surface area contributed by atoms with E-state index in [4.69, 9.17) is 27.9 Å². The van der Waals surface area contributed by atoms with Gasteiger partial charge in [-0.25, -0.2) is 0 Å². The second-order valence-electron chi connectivity index (χ2n) is 7.62. The molecule has 1 atom stereocenters. The van der Waals surface area contributed by atoms with E-state index < -0.39 is 6.04 Å². The van der Waals surface area contributed by atoms with Gasteiger partial charge in [0.2, 0.25) is 5.91 Å². The summed E-state index contributed by atoms with van der Waals surface area (Å²) in [5, 5.41) is 3.80. The predicted molar refractivity (Wildman–Crippen MR) is 139 cm³/mol. The van der Waals surface area contributed by atoms with Gasteiger partial charge in [0.25, 0.3) is 5.91 Å². The molecule has 0 saturated carbocycles. The molecule has 0 aliphatic rings. The highest BCUT2D eigenvalue weighted by molar-refractivity contribution is 9.10. The summed E-state index contributed by atoms with van der Waals surface area (Å²) in [6.07, 6.45) is 0.359. The van der Waals surface area contributed by atoms with Gasteiger partial charge < -0.3 is 15.0 Å². The van der Waals surface area contributed by atoms with E-state index >= 15 is 0 Å². The molecule has 0 spiro atoms. The minimum absolute atomic E-state index is 0.200. The average molecular weight is 564 g/mol. The van der Waals surface area contributed by atoms with Crippen molar-refractivity contribution in [3.63, 3.8) is 0 Å². The highest BCUT2D eigenvalue weighted by Crippen LogP contribution is 2.28. The SMILES string of the molecule is CCNC(=O)C(Cc1ccccc1)N(Cc1cccc(Cl)c1)C(=O)COc1ccc(Br)cc1Cl. The van der Waals surface area contributed by atoms with Crippen LogP contribution in [0.5, 0.6) is 5.75 Å². The van der Waals surface area contributed by atoms with Crippen LogP contribution in [0.3, 0.4) is 0 Å². The number of likely N-dealkylation sites (N-methyl/N-ethyl adjacent to an activating group) is 1. The number of ether oxygens (including phenoxy) is 1. The van der Waals surface area contributed by atoms with E-state index in [-0.39, 0.29) is 25.0 Å². The zero-order valence-electron chi connectivity index (χ0n) is 18.6. The van der Waals surface area contributed by atoms with Crippen molar-refractivity contribution in [1.82, 2.24) is 10.2 Å². The third-order valence-electron chi connectivity index (χ3n) is 5.11. The predicted octanol–water partition coefficient (Wildman–Crippen LogP) is 5.91. The molecule has 0 aliphatic carbocycles. The number of nitrogens with zero attached hydrogens (tertiary/aromatic N) is 1. The molecule has 3 aromatic rings. The Kier molecular flexibility index (Phi) is 9.81. The molecular weight excluding hydrogens is 539 g/mol. The van der Waals surface area contributed by atoms with Gasteiger partial charge in [-0.1, -0.05) is 81.6 Å². The maximum atomic E-state index is 13.5. The first kappa shape index (κ1) is 26.1. The monoisotopic (exact) mass is 562 g/mol. The lowest BCUT2D eigenvalue weighted by Crippen LogP contribution is -2.51. The quantitative estimate of drug-likeness (QED) is 0.333. The van der Waals surface area contributed by atoms with Gasteiger partial charge in [0.1, 0.15) is 11.8 Å². The third-order valence-corrected chi connectivity index (χ3v) is 6.13. The minimum atomic E-state index is -0.738. The van der Waals surface area contributed by atoms with E-state index in [0.717, 1.165) is 15.6 Å². The summed E-state index contributed by atoms with van der Waals surface area (Å²) >= 11 is 15.8. The van der Waals surface area contributed by atoms with Crippen molar-refractivity contribution >= 4 is 50.9 Å². The topological polar surface area (TPSA) is 58.6 Å².